The van der Waals surface area contributed by atoms with E-state index >= 15 is 0 Å². The highest BCUT2D eigenvalue weighted by Gasteiger charge is 2.37. The van der Waals surface area contributed by atoms with Gasteiger partial charge in [-0.25, -0.2) is 0 Å². The molecule has 2 amide bonds. The second-order valence-electron chi connectivity index (χ2n) is 7.92. The number of fused-ring (bicyclic) bond motifs is 1. The third-order valence-corrected chi connectivity index (χ3v) is 6.55. The van der Waals surface area contributed by atoms with Crippen LogP contribution in [0.4, 0.5) is 5.69 Å². The van der Waals surface area contributed by atoms with Gasteiger partial charge in [0.1, 0.15) is 0 Å². The fourth-order valence-electron chi connectivity index (χ4n) is 4.14. The summed E-state index contributed by atoms with van der Waals surface area (Å²) in [6, 6.07) is 9.57. The number of carbonyl (C=O) groups is 2. The van der Waals surface area contributed by atoms with Crippen molar-refractivity contribution < 1.29 is 19.1 Å². The van der Waals surface area contributed by atoms with Gasteiger partial charge in [-0.05, 0) is 71.4 Å². The quantitative estimate of drug-likeness (QED) is 0.548. The lowest BCUT2D eigenvalue weighted by atomic mass is 10.0. The molecule has 2 aromatic rings. The molecule has 164 valence electrons. The summed E-state index contributed by atoms with van der Waals surface area (Å²) in [6.07, 6.45) is 2.58. The van der Waals surface area contributed by atoms with Gasteiger partial charge in [-0.15, -0.1) is 0 Å². The van der Waals surface area contributed by atoms with Crippen molar-refractivity contribution in [3.63, 3.8) is 0 Å². The largest absolute Gasteiger partial charge is 0.493 e. The first-order chi connectivity index (χ1) is 15.0. The van der Waals surface area contributed by atoms with Gasteiger partial charge in [0.05, 0.1) is 31.0 Å². The van der Waals surface area contributed by atoms with Crippen LogP contribution in [0.15, 0.2) is 34.8 Å². The van der Waals surface area contributed by atoms with Crippen LogP contribution in [0.1, 0.15) is 60.6 Å². The van der Waals surface area contributed by atoms with Crippen LogP contribution in [0.5, 0.6) is 11.5 Å². The van der Waals surface area contributed by atoms with Crippen LogP contribution in [0.3, 0.4) is 0 Å². The minimum Gasteiger partial charge on any atom is -0.493 e. The molecule has 0 unspecified atom stereocenters. The number of hydrogen-bond acceptors (Lipinski definition) is 4. The predicted octanol–water partition coefficient (Wildman–Crippen LogP) is 5.31. The maximum Gasteiger partial charge on any atom is 0.257 e. The Bertz CT molecular complexity index is 1020. The van der Waals surface area contributed by atoms with E-state index in [0.29, 0.717) is 35.9 Å². The average Bonchev–Trinajstić information content (AvgIpc) is 3.56. The zero-order valence-electron chi connectivity index (χ0n) is 18.0. The Labute approximate surface area is 191 Å². The lowest BCUT2D eigenvalue weighted by Crippen LogP contribution is -2.29. The van der Waals surface area contributed by atoms with E-state index in [4.69, 9.17) is 9.47 Å². The summed E-state index contributed by atoms with van der Waals surface area (Å²) in [5, 5.41) is 2.99. The predicted molar refractivity (Wildman–Crippen MR) is 123 cm³/mol. The topological polar surface area (TPSA) is 67.9 Å². The fraction of sp³-hybridized carbons (Fsp3) is 0.417. The van der Waals surface area contributed by atoms with Crippen molar-refractivity contribution in [1.29, 1.82) is 0 Å². The van der Waals surface area contributed by atoms with E-state index in [0.717, 1.165) is 34.9 Å². The number of benzene rings is 2. The summed E-state index contributed by atoms with van der Waals surface area (Å²) in [5.74, 6) is 1.33. The van der Waals surface area contributed by atoms with Crippen LogP contribution in [-0.2, 0) is 11.3 Å². The molecule has 0 spiro atoms. The minimum absolute atomic E-state index is 0.0103. The van der Waals surface area contributed by atoms with E-state index < -0.39 is 0 Å². The van der Waals surface area contributed by atoms with Crippen LogP contribution in [0, 0.1) is 5.92 Å². The van der Waals surface area contributed by atoms with Crippen LogP contribution in [0.25, 0.3) is 0 Å². The lowest BCUT2D eigenvalue weighted by molar-refractivity contribution is -0.117. The Hall–Kier alpha value is -2.54. The van der Waals surface area contributed by atoms with Crippen molar-refractivity contribution in [2.24, 2.45) is 5.92 Å². The van der Waals surface area contributed by atoms with E-state index in [2.05, 4.69) is 28.2 Å². The first-order valence-corrected chi connectivity index (χ1v) is 11.5. The molecular formula is C24H27BrN2O4. The van der Waals surface area contributed by atoms with E-state index in [-0.39, 0.29) is 23.8 Å². The third kappa shape index (κ3) is 4.15. The summed E-state index contributed by atoms with van der Waals surface area (Å²) in [7, 11) is 1.62. The highest BCUT2D eigenvalue weighted by molar-refractivity contribution is 9.10. The average molecular weight is 487 g/mol. The lowest BCUT2D eigenvalue weighted by Gasteiger charge is -2.28. The van der Waals surface area contributed by atoms with E-state index in [1.165, 1.54) is 0 Å². The number of halogens is 1. The van der Waals surface area contributed by atoms with Gasteiger partial charge in [0.2, 0.25) is 5.91 Å². The molecular weight excluding hydrogens is 460 g/mol. The van der Waals surface area contributed by atoms with E-state index in [1.807, 2.05) is 42.2 Å². The van der Waals surface area contributed by atoms with Crippen molar-refractivity contribution in [2.75, 3.05) is 19.0 Å². The van der Waals surface area contributed by atoms with Crippen LogP contribution in [-0.4, -0.2) is 30.4 Å². The maximum absolute atomic E-state index is 13.5. The minimum atomic E-state index is -0.115. The Morgan fingerprint density at radius 2 is 2.00 bits per heavy atom. The second kappa shape index (κ2) is 8.91. The van der Waals surface area contributed by atoms with E-state index in [9.17, 15) is 9.59 Å². The number of carbonyl (C=O) groups excluding carboxylic acids is 2. The van der Waals surface area contributed by atoms with Crippen LogP contribution in [0.2, 0.25) is 0 Å². The summed E-state index contributed by atoms with van der Waals surface area (Å²) < 4.78 is 11.9. The summed E-state index contributed by atoms with van der Waals surface area (Å²) in [5.41, 5.74) is 3.09. The molecule has 4 rings (SSSR count). The number of methoxy groups -OCH3 is 1. The number of ether oxygens (including phenoxy) is 2. The molecule has 0 saturated heterocycles. The smallest absolute Gasteiger partial charge is 0.257 e. The monoisotopic (exact) mass is 486 g/mol. The van der Waals surface area contributed by atoms with Gasteiger partial charge in [0.15, 0.2) is 11.5 Å². The van der Waals surface area contributed by atoms with Crippen molar-refractivity contribution in [3.05, 3.63) is 51.5 Å². The number of hydrogen-bond donors (Lipinski definition) is 1. The molecule has 1 atom stereocenters. The summed E-state index contributed by atoms with van der Waals surface area (Å²) >= 11 is 3.52. The molecule has 2 aromatic carbocycles. The molecule has 1 fully saturated rings. The number of amides is 2. The third-order valence-electron chi connectivity index (χ3n) is 5.89. The Balaban J connectivity index is 1.66. The number of anilines is 1. The first-order valence-electron chi connectivity index (χ1n) is 10.7. The molecule has 1 heterocycles. The Morgan fingerprint density at radius 1 is 1.23 bits per heavy atom. The van der Waals surface area contributed by atoms with Gasteiger partial charge in [-0.1, -0.05) is 19.1 Å². The zero-order chi connectivity index (χ0) is 22.1. The highest BCUT2D eigenvalue weighted by atomic mass is 79.9. The van der Waals surface area contributed by atoms with Gasteiger partial charge in [0.25, 0.3) is 5.91 Å². The SMILES string of the molecule is CCOc1cc([C@@H](CC)N2Cc3ccc(Br)c(NC(=O)C4CC4)c3C2=O)ccc1OC. The van der Waals surface area contributed by atoms with Crippen molar-refractivity contribution in [2.45, 2.75) is 45.7 Å². The Morgan fingerprint density at radius 3 is 2.65 bits per heavy atom. The summed E-state index contributed by atoms with van der Waals surface area (Å²) in [4.78, 5) is 27.8. The number of nitrogens with one attached hydrogen (secondary N) is 1. The van der Waals surface area contributed by atoms with Crippen LogP contribution < -0.4 is 14.8 Å². The fourth-order valence-corrected chi connectivity index (χ4v) is 4.57. The Kier molecular flexibility index (Phi) is 6.23. The van der Waals surface area contributed by atoms with Gasteiger partial charge >= 0.3 is 0 Å². The number of rotatable bonds is 8. The molecule has 0 bridgehead atoms. The highest BCUT2D eigenvalue weighted by Crippen LogP contribution is 2.42. The zero-order valence-corrected chi connectivity index (χ0v) is 19.6. The molecule has 31 heavy (non-hydrogen) atoms. The van der Waals surface area contributed by atoms with Gasteiger partial charge < -0.3 is 19.7 Å². The molecule has 1 N–H and O–H groups in total. The van der Waals surface area contributed by atoms with Crippen molar-refractivity contribution >= 4 is 33.4 Å². The molecule has 1 saturated carbocycles. The molecule has 0 radical (unpaired) electrons. The van der Waals surface area contributed by atoms with Gasteiger partial charge in [0, 0.05) is 16.9 Å². The molecule has 2 aliphatic rings. The second-order valence-corrected chi connectivity index (χ2v) is 8.77. The molecule has 1 aliphatic carbocycles. The number of nitrogens with zero attached hydrogens (tertiary/aromatic N) is 1. The normalized spacial score (nSPS) is 16.1. The van der Waals surface area contributed by atoms with Crippen LogP contribution >= 0.6 is 15.9 Å². The van der Waals surface area contributed by atoms with Crippen molar-refractivity contribution in [3.8, 4) is 11.5 Å². The van der Waals surface area contributed by atoms with Gasteiger partial charge in [-0.3, -0.25) is 9.59 Å². The standard InChI is InChI=1S/C24H27BrN2O4/c1-4-18(15-9-11-19(30-3)20(12-15)31-5-2)27-13-16-8-10-17(25)22(21(16)24(27)29)26-23(28)14-6-7-14/h8-12,14,18H,4-7,13H2,1-3H3,(H,26,28)/t18-/m1/s1. The maximum atomic E-state index is 13.5. The molecule has 6 nitrogen and oxygen atoms in total. The molecule has 0 aromatic heterocycles. The van der Waals surface area contributed by atoms with Gasteiger partial charge in [-0.2, -0.15) is 0 Å². The molecule has 1 aliphatic heterocycles. The molecule has 7 heteroatoms. The summed E-state index contributed by atoms with van der Waals surface area (Å²) in [6.45, 7) is 5.03. The first kappa shape index (κ1) is 21.7. The van der Waals surface area contributed by atoms with E-state index in [1.54, 1.807) is 7.11 Å². The van der Waals surface area contributed by atoms with Crippen molar-refractivity contribution in [1.82, 2.24) is 4.90 Å².